The van der Waals surface area contributed by atoms with Gasteiger partial charge in [-0.05, 0) is 41.5 Å². The number of alkyl carbamates (subject to hydrolysis) is 1. The number of cyclic esters (lactones) is 1. The lowest BCUT2D eigenvalue weighted by atomic mass is 9.97. The molecule has 29 heavy (non-hydrogen) atoms. The highest BCUT2D eigenvalue weighted by Crippen LogP contribution is 2.36. The highest BCUT2D eigenvalue weighted by atomic mass is 19.1. The van der Waals surface area contributed by atoms with Gasteiger partial charge >= 0.3 is 6.09 Å². The number of aromatic nitrogens is 1. The van der Waals surface area contributed by atoms with Gasteiger partial charge in [-0.1, -0.05) is 42.2 Å². The molecule has 0 spiro atoms. The molecule has 1 saturated heterocycles. The Labute approximate surface area is 167 Å². The van der Waals surface area contributed by atoms with E-state index in [9.17, 15) is 9.18 Å². The van der Waals surface area contributed by atoms with E-state index in [0.717, 1.165) is 11.3 Å². The number of pyridine rings is 1. The molecule has 0 bridgehead atoms. The molecule has 3 aromatic rings. The molecule has 2 atom stereocenters. The van der Waals surface area contributed by atoms with Gasteiger partial charge in [-0.2, -0.15) is 0 Å². The van der Waals surface area contributed by atoms with Crippen molar-refractivity contribution in [1.29, 1.82) is 0 Å². The van der Waals surface area contributed by atoms with Gasteiger partial charge in [0.25, 0.3) is 0 Å². The molecule has 0 unspecified atom stereocenters. The molecular formula is C23H17FN2O3. The van der Waals surface area contributed by atoms with Crippen LogP contribution in [0, 0.1) is 17.7 Å². The first-order chi connectivity index (χ1) is 14.2. The van der Waals surface area contributed by atoms with Crippen LogP contribution >= 0.6 is 0 Å². The number of nitrogens with zero attached hydrogens (tertiary/aromatic N) is 1. The summed E-state index contributed by atoms with van der Waals surface area (Å²) < 4.78 is 24.5. The number of ether oxygens (including phenoxy) is 2. The first-order valence-electron chi connectivity index (χ1n) is 9.03. The van der Waals surface area contributed by atoms with Gasteiger partial charge in [0.1, 0.15) is 24.2 Å². The van der Waals surface area contributed by atoms with Crippen molar-refractivity contribution in [3.05, 3.63) is 95.6 Å². The van der Waals surface area contributed by atoms with E-state index < -0.39 is 18.2 Å². The highest BCUT2D eigenvalue weighted by Gasteiger charge is 2.36. The molecule has 2 aromatic carbocycles. The molecule has 1 amide bonds. The van der Waals surface area contributed by atoms with Gasteiger partial charge in [-0.3, -0.25) is 4.98 Å². The quantitative estimate of drug-likeness (QED) is 0.682. The molecule has 5 nitrogen and oxygen atoms in total. The van der Waals surface area contributed by atoms with Gasteiger partial charge in [0.15, 0.2) is 6.10 Å². The standard InChI is InChI=1S/C23H17FN2O3/c24-19-8-4-7-17(13-19)22-21(26-23(27)29-22)18-12-16(14-25-15-18)6-5-11-28-20-9-2-1-3-10-20/h1-4,7-10,12-15,21-22H,11H2,(H,26,27)/t21-,22-/m1/s1. The lowest BCUT2D eigenvalue weighted by molar-refractivity contribution is 0.132. The van der Waals surface area contributed by atoms with Gasteiger partial charge in [0.2, 0.25) is 0 Å². The number of amides is 1. The predicted octanol–water partition coefficient (Wildman–Crippen LogP) is 4.17. The van der Waals surface area contributed by atoms with Gasteiger partial charge in [0, 0.05) is 18.0 Å². The molecule has 144 valence electrons. The summed E-state index contributed by atoms with van der Waals surface area (Å²) in [5.41, 5.74) is 1.97. The average molecular weight is 388 g/mol. The Bertz CT molecular complexity index is 1080. The Morgan fingerprint density at radius 1 is 1.07 bits per heavy atom. The first-order valence-corrected chi connectivity index (χ1v) is 9.03. The zero-order chi connectivity index (χ0) is 20.1. The summed E-state index contributed by atoms with van der Waals surface area (Å²) in [5, 5.41) is 2.76. The lowest BCUT2D eigenvalue weighted by Gasteiger charge is -2.17. The maximum atomic E-state index is 13.6. The van der Waals surface area contributed by atoms with Crippen molar-refractivity contribution >= 4 is 6.09 Å². The number of carbonyl (C=O) groups is 1. The second-order valence-electron chi connectivity index (χ2n) is 6.41. The molecule has 1 fully saturated rings. The second-order valence-corrected chi connectivity index (χ2v) is 6.41. The van der Waals surface area contributed by atoms with Crippen molar-refractivity contribution in [3.8, 4) is 17.6 Å². The summed E-state index contributed by atoms with van der Waals surface area (Å²) in [6.07, 6.45) is 2.06. The fourth-order valence-corrected chi connectivity index (χ4v) is 3.09. The van der Waals surface area contributed by atoms with Crippen molar-refractivity contribution in [3.63, 3.8) is 0 Å². The van der Waals surface area contributed by atoms with Crippen LogP contribution in [0.1, 0.15) is 28.8 Å². The van der Waals surface area contributed by atoms with Crippen LogP contribution in [0.15, 0.2) is 73.1 Å². The van der Waals surface area contributed by atoms with Crippen molar-refractivity contribution < 1.29 is 18.7 Å². The molecular weight excluding hydrogens is 371 g/mol. The number of hydrogen-bond acceptors (Lipinski definition) is 4. The second kappa shape index (κ2) is 8.44. The van der Waals surface area contributed by atoms with Gasteiger partial charge in [0.05, 0.1) is 0 Å². The van der Waals surface area contributed by atoms with E-state index in [0.29, 0.717) is 11.1 Å². The Morgan fingerprint density at radius 3 is 2.76 bits per heavy atom. The molecule has 4 rings (SSSR count). The van der Waals surface area contributed by atoms with Crippen LogP contribution in [-0.2, 0) is 4.74 Å². The van der Waals surface area contributed by atoms with E-state index in [2.05, 4.69) is 22.1 Å². The van der Waals surface area contributed by atoms with Crippen LogP contribution in [-0.4, -0.2) is 17.7 Å². The Kier molecular flexibility index (Phi) is 5.39. The smallest absolute Gasteiger partial charge is 0.408 e. The maximum absolute atomic E-state index is 13.6. The highest BCUT2D eigenvalue weighted by molar-refractivity contribution is 5.71. The van der Waals surface area contributed by atoms with E-state index in [-0.39, 0.29) is 12.4 Å². The first kappa shape index (κ1) is 18.5. The largest absolute Gasteiger partial charge is 0.481 e. The number of halogens is 1. The number of carbonyl (C=O) groups excluding carboxylic acids is 1. The third-order valence-electron chi connectivity index (χ3n) is 4.39. The summed E-state index contributed by atoms with van der Waals surface area (Å²) in [4.78, 5) is 16.0. The monoisotopic (exact) mass is 388 g/mol. The molecule has 1 aromatic heterocycles. The van der Waals surface area contributed by atoms with E-state index in [4.69, 9.17) is 9.47 Å². The minimum absolute atomic E-state index is 0.240. The van der Waals surface area contributed by atoms with Crippen LogP contribution in [0.4, 0.5) is 9.18 Å². The Hall–Kier alpha value is -3.85. The number of hydrogen-bond donors (Lipinski definition) is 1. The van der Waals surface area contributed by atoms with E-state index in [1.807, 2.05) is 36.4 Å². The van der Waals surface area contributed by atoms with Crippen LogP contribution in [0.5, 0.6) is 5.75 Å². The van der Waals surface area contributed by atoms with Gasteiger partial charge in [-0.15, -0.1) is 0 Å². The normalized spacial score (nSPS) is 17.6. The van der Waals surface area contributed by atoms with Crippen molar-refractivity contribution in [2.75, 3.05) is 6.61 Å². The summed E-state index contributed by atoms with van der Waals surface area (Å²) in [7, 11) is 0. The summed E-state index contributed by atoms with van der Waals surface area (Å²) in [5.74, 6) is 6.31. The molecule has 0 radical (unpaired) electrons. The topological polar surface area (TPSA) is 60.5 Å². The van der Waals surface area contributed by atoms with E-state index >= 15 is 0 Å². The number of benzene rings is 2. The number of para-hydroxylation sites is 1. The fraction of sp³-hybridized carbons (Fsp3) is 0.130. The van der Waals surface area contributed by atoms with Crippen LogP contribution < -0.4 is 10.1 Å². The minimum Gasteiger partial charge on any atom is -0.481 e. The van der Waals surface area contributed by atoms with E-state index in [1.54, 1.807) is 24.5 Å². The summed E-state index contributed by atoms with van der Waals surface area (Å²) >= 11 is 0. The summed E-state index contributed by atoms with van der Waals surface area (Å²) in [6, 6.07) is 16.8. The Morgan fingerprint density at radius 2 is 1.93 bits per heavy atom. The molecule has 1 aliphatic rings. The maximum Gasteiger partial charge on any atom is 0.408 e. The minimum atomic E-state index is -0.648. The van der Waals surface area contributed by atoms with Crippen molar-refractivity contribution in [2.45, 2.75) is 12.1 Å². The molecule has 1 aliphatic heterocycles. The third kappa shape index (κ3) is 4.53. The fourth-order valence-electron chi connectivity index (χ4n) is 3.09. The lowest BCUT2D eigenvalue weighted by Crippen LogP contribution is -2.19. The number of rotatable bonds is 4. The predicted molar refractivity (Wildman–Crippen MR) is 105 cm³/mol. The van der Waals surface area contributed by atoms with Crippen molar-refractivity contribution in [1.82, 2.24) is 10.3 Å². The molecule has 2 heterocycles. The van der Waals surface area contributed by atoms with Gasteiger partial charge < -0.3 is 14.8 Å². The molecule has 6 heteroatoms. The molecule has 0 saturated carbocycles. The third-order valence-corrected chi connectivity index (χ3v) is 4.39. The van der Waals surface area contributed by atoms with Crippen LogP contribution in [0.3, 0.4) is 0 Å². The number of nitrogens with one attached hydrogen (secondary N) is 1. The average Bonchev–Trinajstić information content (AvgIpc) is 3.14. The zero-order valence-corrected chi connectivity index (χ0v) is 15.3. The zero-order valence-electron chi connectivity index (χ0n) is 15.3. The van der Waals surface area contributed by atoms with Gasteiger partial charge in [-0.25, -0.2) is 9.18 Å². The Balaban J connectivity index is 1.50. The molecule has 0 aliphatic carbocycles. The van der Waals surface area contributed by atoms with E-state index in [1.165, 1.54) is 12.1 Å². The van der Waals surface area contributed by atoms with Crippen LogP contribution in [0.2, 0.25) is 0 Å². The summed E-state index contributed by atoms with van der Waals surface area (Å²) in [6.45, 7) is 0.240. The van der Waals surface area contributed by atoms with Crippen LogP contribution in [0.25, 0.3) is 0 Å². The molecule has 1 N–H and O–H groups in total. The SMILES string of the molecule is O=C1N[C@H](c2cncc(C#CCOc3ccccc3)c2)[C@@H](c2cccc(F)c2)O1. The van der Waals surface area contributed by atoms with Crippen molar-refractivity contribution in [2.24, 2.45) is 0 Å².